The second-order valence-corrected chi connectivity index (χ2v) is 5.46. The van der Waals surface area contributed by atoms with Gasteiger partial charge in [-0.05, 0) is 40.5 Å². The first-order valence-corrected chi connectivity index (χ1v) is 7.25. The molecule has 0 aliphatic rings. The van der Waals surface area contributed by atoms with Gasteiger partial charge in [-0.15, -0.1) is 0 Å². The van der Waals surface area contributed by atoms with Crippen LogP contribution in [0.5, 0.6) is 0 Å². The predicted molar refractivity (Wildman–Crippen MR) is 85.8 cm³/mol. The number of rotatable bonds is 3. The summed E-state index contributed by atoms with van der Waals surface area (Å²) >= 11 is 3.31. The van der Waals surface area contributed by atoms with E-state index < -0.39 is 11.8 Å². The van der Waals surface area contributed by atoms with Crippen molar-refractivity contribution in [1.29, 1.82) is 0 Å². The summed E-state index contributed by atoms with van der Waals surface area (Å²) in [6, 6.07) is 14.9. The molecule has 21 heavy (non-hydrogen) atoms. The Morgan fingerprint density at radius 2 is 1.81 bits per heavy atom. The van der Waals surface area contributed by atoms with Crippen molar-refractivity contribution in [2.45, 2.75) is 13.5 Å². The zero-order valence-corrected chi connectivity index (χ0v) is 13.1. The van der Waals surface area contributed by atoms with Crippen LogP contribution in [-0.4, -0.2) is 11.8 Å². The second-order valence-electron chi connectivity index (χ2n) is 4.61. The first-order chi connectivity index (χ1) is 10.1. The molecule has 2 amide bonds. The SMILES string of the molecule is Cc1cccc(CNC(=O)C(=O)Nc2ccccc2Br)c1. The Morgan fingerprint density at radius 1 is 1.05 bits per heavy atom. The van der Waals surface area contributed by atoms with Gasteiger partial charge in [-0.3, -0.25) is 9.59 Å². The fourth-order valence-electron chi connectivity index (χ4n) is 1.83. The molecule has 0 spiro atoms. The maximum Gasteiger partial charge on any atom is 0.313 e. The van der Waals surface area contributed by atoms with Crippen LogP contribution >= 0.6 is 15.9 Å². The normalized spacial score (nSPS) is 10.0. The fraction of sp³-hybridized carbons (Fsp3) is 0.125. The van der Waals surface area contributed by atoms with Gasteiger partial charge in [0.25, 0.3) is 0 Å². The van der Waals surface area contributed by atoms with Crippen LogP contribution in [-0.2, 0) is 16.1 Å². The molecule has 0 fully saturated rings. The number of carbonyl (C=O) groups is 2. The number of aryl methyl sites for hydroxylation is 1. The Labute approximate surface area is 131 Å². The van der Waals surface area contributed by atoms with E-state index in [-0.39, 0.29) is 0 Å². The quantitative estimate of drug-likeness (QED) is 0.839. The zero-order chi connectivity index (χ0) is 15.2. The first kappa shape index (κ1) is 15.3. The Morgan fingerprint density at radius 3 is 2.52 bits per heavy atom. The summed E-state index contributed by atoms with van der Waals surface area (Å²) in [6.07, 6.45) is 0. The standard InChI is InChI=1S/C16H15BrN2O2/c1-11-5-4-6-12(9-11)10-18-15(20)16(21)19-14-8-3-2-7-13(14)17/h2-9H,10H2,1H3,(H,18,20)(H,19,21). The summed E-state index contributed by atoms with van der Waals surface area (Å²) in [5.74, 6) is -1.35. The third kappa shape index (κ3) is 4.43. The van der Waals surface area contributed by atoms with Crippen molar-refractivity contribution in [2.75, 3.05) is 5.32 Å². The molecule has 0 saturated carbocycles. The molecule has 0 aliphatic heterocycles. The topological polar surface area (TPSA) is 58.2 Å². The van der Waals surface area contributed by atoms with E-state index in [0.717, 1.165) is 15.6 Å². The van der Waals surface area contributed by atoms with Crippen molar-refractivity contribution in [2.24, 2.45) is 0 Å². The largest absolute Gasteiger partial charge is 0.344 e. The third-order valence-electron chi connectivity index (χ3n) is 2.86. The molecule has 0 aliphatic carbocycles. The van der Waals surface area contributed by atoms with E-state index in [1.165, 1.54) is 0 Å². The number of hydrogen-bond acceptors (Lipinski definition) is 2. The molecule has 2 N–H and O–H groups in total. The monoisotopic (exact) mass is 346 g/mol. The van der Waals surface area contributed by atoms with Gasteiger partial charge in [0.05, 0.1) is 5.69 Å². The average molecular weight is 347 g/mol. The van der Waals surface area contributed by atoms with E-state index in [0.29, 0.717) is 12.2 Å². The number of hydrogen-bond donors (Lipinski definition) is 2. The number of para-hydroxylation sites is 1. The molecule has 0 atom stereocenters. The van der Waals surface area contributed by atoms with Gasteiger partial charge in [0.2, 0.25) is 0 Å². The summed E-state index contributed by atoms with van der Waals surface area (Å²) in [5, 5.41) is 5.16. The van der Waals surface area contributed by atoms with Gasteiger partial charge in [0.15, 0.2) is 0 Å². The number of nitrogens with one attached hydrogen (secondary N) is 2. The van der Waals surface area contributed by atoms with Crippen LogP contribution in [0.3, 0.4) is 0 Å². The maximum atomic E-state index is 11.8. The molecule has 0 saturated heterocycles. The minimum absolute atomic E-state index is 0.323. The van der Waals surface area contributed by atoms with Crippen LogP contribution in [0.15, 0.2) is 53.0 Å². The highest BCUT2D eigenvalue weighted by molar-refractivity contribution is 9.10. The highest BCUT2D eigenvalue weighted by atomic mass is 79.9. The number of anilines is 1. The Kier molecular flexibility index (Phi) is 5.11. The zero-order valence-electron chi connectivity index (χ0n) is 11.5. The van der Waals surface area contributed by atoms with Crippen molar-refractivity contribution < 1.29 is 9.59 Å². The lowest BCUT2D eigenvalue weighted by Crippen LogP contribution is -2.35. The van der Waals surface area contributed by atoms with Gasteiger partial charge >= 0.3 is 11.8 Å². The molecule has 0 radical (unpaired) electrons. The minimum Gasteiger partial charge on any atom is -0.344 e. The average Bonchev–Trinajstić information content (AvgIpc) is 2.47. The van der Waals surface area contributed by atoms with E-state index in [1.54, 1.807) is 18.2 Å². The van der Waals surface area contributed by atoms with E-state index in [2.05, 4.69) is 26.6 Å². The van der Waals surface area contributed by atoms with Crippen LogP contribution in [0.25, 0.3) is 0 Å². The van der Waals surface area contributed by atoms with E-state index in [4.69, 9.17) is 0 Å². The second kappa shape index (κ2) is 7.04. The van der Waals surface area contributed by atoms with Crippen molar-refractivity contribution in [3.8, 4) is 0 Å². The van der Waals surface area contributed by atoms with E-state index in [1.807, 2.05) is 37.3 Å². The highest BCUT2D eigenvalue weighted by Gasteiger charge is 2.14. The van der Waals surface area contributed by atoms with Gasteiger partial charge in [-0.1, -0.05) is 42.0 Å². The predicted octanol–water partition coefficient (Wildman–Crippen LogP) is 3.01. The maximum absolute atomic E-state index is 11.8. The van der Waals surface area contributed by atoms with Crippen LogP contribution < -0.4 is 10.6 Å². The van der Waals surface area contributed by atoms with Crippen molar-refractivity contribution in [3.05, 3.63) is 64.1 Å². The van der Waals surface area contributed by atoms with Crippen molar-refractivity contribution in [3.63, 3.8) is 0 Å². The molecule has 0 bridgehead atoms. The lowest BCUT2D eigenvalue weighted by molar-refractivity contribution is -0.136. The lowest BCUT2D eigenvalue weighted by atomic mass is 10.1. The molecule has 5 heteroatoms. The van der Waals surface area contributed by atoms with Gasteiger partial charge in [0, 0.05) is 11.0 Å². The van der Waals surface area contributed by atoms with Crippen LogP contribution in [0, 0.1) is 6.92 Å². The Bertz CT molecular complexity index is 671. The van der Waals surface area contributed by atoms with Crippen LogP contribution in [0.1, 0.15) is 11.1 Å². The molecule has 0 aromatic heterocycles. The lowest BCUT2D eigenvalue weighted by Gasteiger charge is -2.08. The van der Waals surface area contributed by atoms with Gasteiger partial charge in [0.1, 0.15) is 0 Å². The summed E-state index contributed by atoms with van der Waals surface area (Å²) in [6.45, 7) is 2.30. The first-order valence-electron chi connectivity index (χ1n) is 6.45. The summed E-state index contributed by atoms with van der Waals surface area (Å²) in [5.41, 5.74) is 2.63. The third-order valence-corrected chi connectivity index (χ3v) is 3.56. The number of amides is 2. The minimum atomic E-state index is -0.686. The van der Waals surface area contributed by atoms with E-state index >= 15 is 0 Å². The van der Waals surface area contributed by atoms with Gasteiger partial charge in [-0.2, -0.15) is 0 Å². The molecule has 0 heterocycles. The molecule has 0 unspecified atom stereocenters. The Hall–Kier alpha value is -2.14. The Balaban J connectivity index is 1.91. The van der Waals surface area contributed by atoms with Crippen LogP contribution in [0.2, 0.25) is 0 Å². The molecule has 108 valence electrons. The molecule has 2 rings (SSSR count). The number of halogens is 1. The molecule has 4 nitrogen and oxygen atoms in total. The molecule has 2 aromatic rings. The van der Waals surface area contributed by atoms with Gasteiger partial charge < -0.3 is 10.6 Å². The van der Waals surface area contributed by atoms with Crippen LogP contribution in [0.4, 0.5) is 5.69 Å². The summed E-state index contributed by atoms with van der Waals surface area (Å²) in [4.78, 5) is 23.6. The molecular weight excluding hydrogens is 332 g/mol. The smallest absolute Gasteiger partial charge is 0.313 e. The number of carbonyl (C=O) groups excluding carboxylic acids is 2. The van der Waals surface area contributed by atoms with Crippen molar-refractivity contribution >= 4 is 33.4 Å². The molecule has 2 aromatic carbocycles. The highest BCUT2D eigenvalue weighted by Crippen LogP contribution is 2.20. The number of benzene rings is 2. The van der Waals surface area contributed by atoms with Crippen molar-refractivity contribution in [1.82, 2.24) is 5.32 Å². The van der Waals surface area contributed by atoms with Gasteiger partial charge in [-0.25, -0.2) is 0 Å². The molecular formula is C16H15BrN2O2. The summed E-state index contributed by atoms with van der Waals surface area (Å²) < 4.78 is 0.727. The fourth-order valence-corrected chi connectivity index (χ4v) is 2.21. The van der Waals surface area contributed by atoms with E-state index in [9.17, 15) is 9.59 Å². The summed E-state index contributed by atoms with van der Waals surface area (Å²) in [7, 11) is 0.